The molecule has 1 aromatic rings. The van der Waals surface area contributed by atoms with Gasteiger partial charge in [0.2, 0.25) is 0 Å². The molecule has 4 nitrogen and oxygen atoms in total. The van der Waals surface area contributed by atoms with Crippen LogP contribution in [0.25, 0.3) is 0 Å². The normalized spacial score (nSPS) is 17.6. The molecule has 1 unspecified atom stereocenters. The van der Waals surface area contributed by atoms with Crippen molar-refractivity contribution >= 4 is 11.7 Å². The van der Waals surface area contributed by atoms with Gasteiger partial charge in [0.25, 0.3) is 0 Å². The van der Waals surface area contributed by atoms with Gasteiger partial charge < -0.3 is 15.1 Å². The Morgan fingerprint density at radius 2 is 2.00 bits per heavy atom. The molecule has 0 bridgehead atoms. The van der Waals surface area contributed by atoms with Gasteiger partial charge in [-0.3, -0.25) is 0 Å². The van der Waals surface area contributed by atoms with Crippen LogP contribution in [0.15, 0.2) is 18.2 Å². The Balaban J connectivity index is 1.85. The summed E-state index contributed by atoms with van der Waals surface area (Å²) in [5, 5.41) is 3.08. The standard InChI is InChI=1S/C18H29N3O/c1-5-20(6-2)18(22)19-12-16-9-10-21(13-16)17-8-7-14(3)15(4)11-17/h7-8,11,16H,5-6,9-10,12-13H2,1-4H3,(H,19,22). The van der Waals surface area contributed by atoms with E-state index in [4.69, 9.17) is 0 Å². The third-order valence-corrected chi connectivity index (χ3v) is 4.73. The van der Waals surface area contributed by atoms with Gasteiger partial charge in [0.05, 0.1) is 0 Å². The molecule has 0 aromatic heterocycles. The number of aryl methyl sites for hydroxylation is 2. The van der Waals surface area contributed by atoms with E-state index in [2.05, 4.69) is 42.3 Å². The van der Waals surface area contributed by atoms with Crippen LogP contribution >= 0.6 is 0 Å². The van der Waals surface area contributed by atoms with Crippen molar-refractivity contribution in [2.24, 2.45) is 5.92 Å². The van der Waals surface area contributed by atoms with Crippen LogP contribution in [0.4, 0.5) is 10.5 Å². The molecule has 1 saturated heterocycles. The number of nitrogens with one attached hydrogen (secondary N) is 1. The molecule has 2 rings (SSSR count). The predicted octanol–water partition coefficient (Wildman–Crippen LogP) is 3.18. The van der Waals surface area contributed by atoms with Crippen LogP contribution in [0.1, 0.15) is 31.4 Å². The van der Waals surface area contributed by atoms with Gasteiger partial charge in [-0.15, -0.1) is 0 Å². The Morgan fingerprint density at radius 1 is 1.27 bits per heavy atom. The maximum Gasteiger partial charge on any atom is 0.317 e. The van der Waals surface area contributed by atoms with E-state index in [1.807, 2.05) is 18.7 Å². The number of carbonyl (C=O) groups excluding carboxylic acids is 1. The van der Waals surface area contributed by atoms with Crippen molar-refractivity contribution < 1.29 is 4.79 Å². The highest BCUT2D eigenvalue weighted by atomic mass is 16.2. The number of hydrogen-bond donors (Lipinski definition) is 1. The summed E-state index contributed by atoms with van der Waals surface area (Å²) in [5.41, 5.74) is 3.99. The zero-order chi connectivity index (χ0) is 16.1. The average molecular weight is 303 g/mol. The minimum Gasteiger partial charge on any atom is -0.371 e. The van der Waals surface area contributed by atoms with E-state index in [-0.39, 0.29) is 6.03 Å². The molecule has 1 aliphatic heterocycles. The monoisotopic (exact) mass is 303 g/mol. The number of rotatable bonds is 5. The Morgan fingerprint density at radius 3 is 2.64 bits per heavy atom. The van der Waals surface area contributed by atoms with E-state index in [1.165, 1.54) is 16.8 Å². The van der Waals surface area contributed by atoms with Crippen LogP contribution in [0, 0.1) is 19.8 Å². The molecule has 2 amide bonds. The molecule has 0 spiro atoms. The molecular weight excluding hydrogens is 274 g/mol. The first-order valence-corrected chi connectivity index (χ1v) is 8.40. The van der Waals surface area contributed by atoms with Gasteiger partial charge in [-0.1, -0.05) is 6.07 Å². The van der Waals surface area contributed by atoms with Gasteiger partial charge in [-0.25, -0.2) is 4.79 Å². The first kappa shape index (κ1) is 16.7. The van der Waals surface area contributed by atoms with Gasteiger partial charge in [-0.2, -0.15) is 0 Å². The SMILES string of the molecule is CCN(CC)C(=O)NCC1CCN(c2ccc(C)c(C)c2)C1. The number of nitrogens with zero attached hydrogens (tertiary/aromatic N) is 2. The first-order chi connectivity index (χ1) is 10.5. The number of amides is 2. The second-order valence-electron chi connectivity index (χ2n) is 6.23. The summed E-state index contributed by atoms with van der Waals surface area (Å²) in [6, 6.07) is 6.74. The molecule has 1 aromatic carbocycles. The molecule has 1 heterocycles. The average Bonchev–Trinajstić information content (AvgIpc) is 2.98. The van der Waals surface area contributed by atoms with Gasteiger partial charge in [0.1, 0.15) is 0 Å². The van der Waals surface area contributed by atoms with Gasteiger partial charge >= 0.3 is 6.03 Å². The molecule has 1 N–H and O–H groups in total. The molecule has 1 atom stereocenters. The van der Waals surface area contributed by atoms with Crippen LogP contribution in [0.5, 0.6) is 0 Å². The Hall–Kier alpha value is -1.71. The fourth-order valence-electron chi connectivity index (χ4n) is 3.01. The lowest BCUT2D eigenvalue weighted by atomic mass is 10.1. The summed E-state index contributed by atoms with van der Waals surface area (Å²) < 4.78 is 0. The third-order valence-electron chi connectivity index (χ3n) is 4.73. The van der Waals surface area contributed by atoms with Crippen molar-refractivity contribution in [3.63, 3.8) is 0 Å². The van der Waals surface area contributed by atoms with E-state index in [0.717, 1.165) is 39.1 Å². The zero-order valence-corrected chi connectivity index (χ0v) is 14.4. The van der Waals surface area contributed by atoms with Gasteiger partial charge in [0.15, 0.2) is 0 Å². The lowest BCUT2D eigenvalue weighted by Gasteiger charge is -2.22. The summed E-state index contributed by atoms with van der Waals surface area (Å²) in [4.78, 5) is 16.3. The summed E-state index contributed by atoms with van der Waals surface area (Å²) in [7, 11) is 0. The fraction of sp³-hybridized carbons (Fsp3) is 0.611. The van der Waals surface area contributed by atoms with Crippen molar-refractivity contribution in [3.8, 4) is 0 Å². The Bertz CT molecular complexity index is 511. The highest BCUT2D eigenvalue weighted by molar-refractivity contribution is 5.74. The van der Waals surface area contributed by atoms with E-state index in [1.54, 1.807) is 0 Å². The number of benzene rings is 1. The highest BCUT2D eigenvalue weighted by Crippen LogP contribution is 2.25. The largest absolute Gasteiger partial charge is 0.371 e. The van der Waals surface area contributed by atoms with Crippen LogP contribution in [-0.4, -0.2) is 43.7 Å². The van der Waals surface area contributed by atoms with Crippen molar-refractivity contribution in [1.29, 1.82) is 0 Å². The summed E-state index contributed by atoms with van der Waals surface area (Å²) in [6.45, 7) is 12.8. The van der Waals surface area contributed by atoms with E-state index in [9.17, 15) is 4.79 Å². The summed E-state index contributed by atoms with van der Waals surface area (Å²) in [6.07, 6.45) is 1.14. The van der Waals surface area contributed by atoms with Crippen LogP contribution in [0.3, 0.4) is 0 Å². The lowest BCUT2D eigenvalue weighted by Crippen LogP contribution is -2.42. The van der Waals surface area contributed by atoms with Crippen molar-refractivity contribution in [2.75, 3.05) is 37.6 Å². The van der Waals surface area contributed by atoms with E-state index >= 15 is 0 Å². The molecule has 1 aliphatic rings. The molecule has 122 valence electrons. The minimum atomic E-state index is 0.0645. The molecule has 1 fully saturated rings. The fourth-order valence-corrected chi connectivity index (χ4v) is 3.01. The van der Waals surface area contributed by atoms with Crippen LogP contribution < -0.4 is 10.2 Å². The maximum atomic E-state index is 12.0. The molecule has 0 saturated carbocycles. The number of carbonyl (C=O) groups is 1. The highest BCUT2D eigenvalue weighted by Gasteiger charge is 2.23. The zero-order valence-electron chi connectivity index (χ0n) is 14.4. The van der Waals surface area contributed by atoms with Crippen LogP contribution in [-0.2, 0) is 0 Å². The number of urea groups is 1. The molecule has 4 heteroatoms. The minimum absolute atomic E-state index is 0.0645. The predicted molar refractivity (Wildman–Crippen MR) is 92.6 cm³/mol. The molecule has 22 heavy (non-hydrogen) atoms. The number of hydrogen-bond acceptors (Lipinski definition) is 2. The summed E-state index contributed by atoms with van der Waals surface area (Å²) >= 11 is 0. The second-order valence-corrected chi connectivity index (χ2v) is 6.23. The maximum absolute atomic E-state index is 12.0. The lowest BCUT2D eigenvalue weighted by molar-refractivity contribution is 0.201. The first-order valence-electron chi connectivity index (χ1n) is 8.40. The second kappa shape index (κ2) is 7.52. The number of anilines is 1. The van der Waals surface area contributed by atoms with E-state index < -0.39 is 0 Å². The molecular formula is C18H29N3O. The Kier molecular flexibility index (Phi) is 5.69. The van der Waals surface area contributed by atoms with Crippen LogP contribution in [0.2, 0.25) is 0 Å². The third kappa shape index (κ3) is 3.93. The van der Waals surface area contributed by atoms with Crippen molar-refractivity contribution in [1.82, 2.24) is 10.2 Å². The van der Waals surface area contributed by atoms with E-state index in [0.29, 0.717) is 5.92 Å². The van der Waals surface area contributed by atoms with Crippen molar-refractivity contribution in [2.45, 2.75) is 34.1 Å². The van der Waals surface area contributed by atoms with Gasteiger partial charge in [0, 0.05) is 38.4 Å². The topological polar surface area (TPSA) is 35.6 Å². The quantitative estimate of drug-likeness (QED) is 0.907. The Labute approximate surface area is 134 Å². The van der Waals surface area contributed by atoms with Gasteiger partial charge in [-0.05, 0) is 63.3 Å². The van der Waals surface area contributed by atoms with Crippen molar-refractivity contribution in [3.05, 3.63) is 29.3 Å². The molecule has 0 aliphatic carbocycles. The summed E-state index contributed by atoms with van der Waals surface area (Å²) in [5.74, 6) is 0.543. The smallest absolute Gasteiger partial charge is 0.317 e. The molecule has 0 radical (unpaired) electrons.